The molecule has 2 aliphatic heterocycles. The number of hydrogen-bond acceptors (Lipinski definition) is 8. The van der Waals surface area contributed by atoms with Crippen LogP contribution in [0.3, 0.4) is 0 Å². The number of nitrogens with one attached hydrogen (secondary N) is 4. The first-order chi connectivity index (χ1) is 36.1. The Balaban J connectivity index is 0.786. The molecule has 75 heavy (non-hydrogen) atoms. The number of nitrogens with zero attached hydrogens (tertiary/aromatic N) is 4. The van der Waals surface area contributed by atoms with Crippen molar-refractivity contribution in [3.8, 4) is 44.8 Å². The second-order valence-corrected chi connectivity index (χ2v) is 23.1. The van der Waals surface area contributed by atoms with Crippen LogP contribution >= 0.6 is 0 Å². The van der Waals surface area contributed by atoms with Crippen molar-refractivity contribution in [1.29, 1.82) is 0 Å². The molecular weight excluding hydrogens is 941 g/mol. The molecule has 5 atom stereocenters. The van der Waals surface area contributed by atoms with Gasteiger partial charge in [0.1, 0.15) is 23.7 Å². The van der Waals surface area contributed by atoms with Crippen LogP contribution in [0.25, 0.3) is 44.8 Å². The maximum Gasteiger partial charge on any atom is 0.407 e. The molecule has 2 saturated carbocycles. The number of ether oxygens (including phenoxy) is 2. The van der Waals surface area contributed by atoms with Gasteiger partial charge in [0.25, 0.3) is 0 Å². The highest BCUT2D eigenvalue weighted by molar-refractivity contribution is 5.87. The van der Waals surface area contributed by atoms with Crippen molar-refractivity contribution < 1.29 is 28.7 Å². The van der Waals surface area contributed by atoms with Crippen LogP contribution in [0.5, 0.6) is 0 Å². The van der Waals surface area contributed by atoms with E-state index >= 15 is 0 Å². The molecule has 2 saturated heterocycles. The third kappa shape index (κ3) is 9.96. The maximum absolute atomic E-state index is 14.0. The minimum atomic E-state index is -0.686. The van der Waals surface area contributed by atoms with Crippen molar-refractivity contribution in [2.75, 3.05) is 27.3 Å². The minimum Gasteiger partial charge on any atom is -0.453 e. The summed E-state index contributed by atoms with van der Waals surface area (Å²) in [5, 5.41) is 5.56. The van der Waals surface area contributed by atoms with Crippen molar-refractivity contribution in [1.82, 2.24) is 40.4 Å². The summed E-state index contributed by atoms with van der Waals surface area (Å²) in [7, 11) is 2.63. The van der Waals surface area contributed by atoms with E-state index in [1.807, 2.05) is 49.9 Å². The molecule has 2 aromatic heterocycles. The Morgan fingerprint density at radius 3 is 1.51 bits per heavy atom. The summed E-state index contributed by atoms with van der Waals surface area (Å²) in [5.74, 6) is 1.41. The predicted octanol–water partition coefficient (Wildman–Crippen LogP) is 11.1. The number of carbonyl (C=O) groups excluding carboxylic acids is 4. The summed E-state index contributed by atoms with van der Waals surface area (Å²) in [6, 6.07) is 29.8. The largest absolute Gasteiger partial charge is 0.453 e. The van der Waals surface area contributed by atoms with Gasteiger partial charge >= 0.3 is 12.2 Å². The number of amides is 4. The summed E-state index contributed by atoms with van der Waals surface area (Å²) >= 11 is 0. The number of aromatic amines is 2. The molecular formula is C61H70N8O6. The van der Waals surface area contributed by atoms with Gasteiger partial charge in [-0.3, -0.25) is 9.59 Å². The van der Waals surface area contributed by atoms with Crippen molar-refractivity contribution in [2.24, 2.45) is 22.7 Å². The molecule has 2 spiro atoms. The molecule has 390 valence electrons. The first-order valence-corrected chi connectivity index (χ1v) is 27.0. The zero-order chi connectivity index (χ0) is 52.3. The van der Waals surface area contributed by atoms with Crippen LogP contribution in [-0.2, 0) is 38.3 Å². The molecule has 4 aromatic carbocycles. The van der Waals surface area contributed by atoms with Crippen LogP contribution in [0.4, 0.5) is 9.59 Å². The number of aryl methyl sites for hydroxylation is 2. The molecule has 4 heterocycles. The Morgan fingerprint density at radius 2 is 1.05 bits per heavy atom. The summed E-state index contributed by atoms with van der Waals surface area (Å²) in [6.45, 7) is 11.4. The zero-order valence-electron chi connectivity index (χ0n) is 44.3. The van der Waals surface area contributed by atoms with Gasteiger partial charge in [-0.2, -0.15) is 0 Å². The molecule has 4 bridgehead atoms. The van der Waals surface area contributed by atoms with Crippen LogP contribution in [0, 0.1) is 22.7 Å². The molecule has 14 heteroatoms. The van der Waals surface area contributed by atoms with E-state index in [4.69, 9.17) is 19.4 Å². The lowest BCUT2D eigenvalue weighted by molar-refractivity contribution is -0.136. The molecule has 14 nitrogen and oxygen atoms in total. The Labute approximate surface area is 439 Å². The minimum absolute atomic E-state index is 0.0980. The van der Waals surface area contributed by atoms with Gasteiger partial charge in [0.2, 0.25) is 11.8 Å². The van der Waals surface area contributed by atoms with E-state index < -0.39 is 24.3 Å². The lowest BCUT2D eigenvalue weighted by Gasteiger charge is -2.30. The molecule has 8 aliphatic rings. The van der Waals surface area contributed by atoms with Crippen molar-refractivity contribution >= 4 is 24.0 Å². The number of alkyl carbamates (subject to hydrolysis) is 2. The van der Waals surface area contributed by atoms with Crippen LogP contribution in [0.15, 0.2) is 97.3 Å². The van der Waals surface area contributed by atoms with Gasteiger partial charge in [-0.1, -0.05) is 120 Å². The van der Waals surface area contributed by atoms with Crippen LogP contribution in [-0.4, -0.2) is 93.1 Å². The molecule has 0 radical (unpaired) electrons. The maximum atomic E-state index is 14.0. The fourth-order valence-electron chi connectivity index (χ4n) is 12.2. The average molecular weight is 1010 g/mol. The molecule has 4 amide bonds. The second kappa shape index (κ2) is 19.8. The van der Waals surface area contributed by atoms with Gasteiger partial charge < -0.3 is 39.9 Å². The van der Waals surface area contributed by atoms with Crippen molar-refractivity contribution in [3.05, 3.63) is 131 Å². The number of rotatable bonds is 12. The molecule has 4 N–H and O–H groups in total. The number of methoxy groups -OCH3 is 2. The van der Waals surface area contributed by atoms with Gasteiger partial charge in [0.05, 0.1) is 50.1 Å². The molecule has 6 aliphatic carbocycles. The van der Waals surface area contributed by atoms with E-state index in [1.54, 1.807) is 0 Å². The summed E-state index contributed by atoms with van der Waals surface area (Å²) in [5.41, 5.74) is 14.2. The van der Waals surface area contributed by atoms with E-state index in [-0.39, 0.29) is 52.5 Å². The number of likely N-dealkylation sites (tertiary alicyclic amines) is 2. The zero-order valence-corrected chi connectivity index (χ0v) is 44.3. The highest BCUT2D eigenvalue weighted by atomic mass is 16.5. The van der Waals surface area contributed by atoms with Crippen LogP contribution < -0.4 is 10.6 Å². The quantitative estimate of drug-likeness (QED) is 0.0937. The number of H-pyrrole nitrogens is 2. The molecule has 5 unspecified atom stereocenters. The van der Waals surface area contributed by atoms with Crippen LogP contribution in [0.2, 0.25) is 0 Å². The van der Waals surface area contributed by atoms with E-state index in [1.165, 1.54) is 58.7 Å². The first-order valence-electron chi connectivity index (χ1n) is 27.0. The van der Waals surface area contributed by atoms with E-state index in [0.717, 1.165) is 92.0 Å². The topological polar surface area (TPSA) is 175 Å². The van der Waals surface area contributed by atoms with Crippen molar-refractivity contribution in [3.63, 3.8) is 0 Å². The predicted molar refractivity (Wildman–Crippen MR) is 288 cm³/mol. The Morgan fingerprint density at radius 1 is 0.600 bits per heavy atom. The number of carbonyl (C=O) groups is 4. The fourth-order valence-corrected chi connectivity index (χ4v) is 12.2. The Hall–Kier alpha value is -7.22. The fraction of sp³-hybridized carbons (Fsp3) is 0.443. The monoisotopic (exact) mass is 1010 g/mol. The number of imidazole rings is 2. The van der Waals surface area contributed by atoms with E-state index in [9.17, 15) is 19.2 Å². The molecule has 4 fully saturated rings. The lowest BCUT2D eigenvalue weighted by atomic mass is 9.84. The third-order valence-electron chi connectivity index (χ3n) is 17.2. The SMILES string of the molecule is COC(=O)NC(C(=O)N1CC2(CC2)CC1c1ncc(-c2ccc(-c3cc4ccc3CCc3ccc(c(-c5ccc(-c6cnc(C7CC8(CC8)CN7C(=O)C(NC(=O)OC)C(C)C)[nH]6)cc5)c3)CC4C)cc2)[nH]1)C(C)C. The van der Waals surface area contributed by atoms with Gasteiger partial charge in [-0.15, -0.1) is 0 Å². The molecule has 14 rings (SSSR count). The number of benzene rings is 4. The van der Waals surface area contributed by atoms with Crippen LogP contribution in [0.1, 0.15) is 125 Å². The highest BCUT2D eigenvalue weighted by Crippen LogP contribution is 2.59. The first kappa shape index (κ1) is 50.0. The number of aromatic nitrogens is 4. The number of hydrogen-bond donors (Lipinski definition) is 4. The lowest BCUT2D eigenvalue weighted by Crippen LogP contribution is -2.51. The highest BCUT2D eigenvalue weighted by Gasteiger charge is 2.56. The van der Waals surface area contributed by atoms with Gasteiger partial charge in [0.15, 0.2) is 0 Å². The summed E-state index contributed by atoms with van der Waals surface area (Å²) in [6.07, 6.45) is 11.3. The van der Waals surface area contributed by atoms with E-state index in [2.05, 4.69) is 112 Å². The van der Waals surface area contributed by atoms with Gasteiger partial charge in [0, 0.05) is 13.1 Å². The van der Waals surface area contributed by atoms with E-state index in [0.29, 0.717) is 13.1 Å². The van der Waals surface area contributed by atoms with Gasteiger partial charge in [-0.25, -0.2) is 19.6 Å². The van der Waals surface area contributed by atoms with Gasteiger partial charge in [-0.05, 0) is 142 Å². The Kier molecular flexibility index (Phi) is 13.2. The second-order valence-electron chi connectivity index (χ2n) is 23.1. The Bertz CT molecular complexity index is 3130. The average Bonchev–Trinajstić information content (AvgIpc) is 4.01. The summed E-state index contributed by atoms with van der Waals surface area (Å²) in [4.78, 5) is 73.3. The standard InChI is InChI=1S/C61H70N8O6/c1-35(2)52(66-58(72)74-6)56(70)68-33-60(22-23-60)29-50(68)54-62-31-48(64-54)42-17-12-40(13-18-42)46-27-38-8-10-39-16-21-44(37(5)26-45(46)11-9-38)28-47(39)41-14-19-43(20-15-41)49-32-63-55(65-49)51-30-61(24-25-61)34-69(51)57(71)53(36(3)4)67-59(73)75-7/h9,11-21,27-28,31-32,35-37,50-53H,8,10,22-26,29-30,33-34H2,1-7H3,(H,62,64)(H,63,65)(H,66,72)(H,67,73). The molecule has 6 aromatic rings. The smallest absolute Gasteiger partial charge is 0.407 e. The third-order valence-corrected chi connectivity index (χ3v) is 17.2. The summed E-state index contributed by atoms with van der Waals surface area (Å²) < 4.78 is 9.72. The van der Waals surface area contributed by atoms with Crippen molar-refractivity contribution in [2.45, 2.75) is 122 Å². The normalized spacial score (nSPS) is 20.8.